The molecule has 4 atom stereocenters. The molecule has 90 heavy (non-hydrogen) atoms. The number of imide groups is 1. The Balaban J connectivity index is 1.35. The Labute approximate surface area is 518 Å². The average molecular weight is 1270 g/mol. The molecule has 0 bridgehead atoms. The van der Waals surface area contributed by atoms with E-state index in [-0.39, 0.29) is 116 Å². The first-order valence-electron chi connectivity index (χ1n) is 29.1. The van der Waals surface area contributed by atoms with Gasteiger partial charge in [-0.15, -0.1) is 0 Å². The number of benzene rings is 2. The van der Waals surface area contributed by atoms with Crippen LogP contribution in [0.15, 0.2) is 72.9 Å². The number of amides is 9. The van der Waals surface area contributed by atoms with E-state index in [2.05, 4.69) is 26.6 Å². The summed E-state index contributed by atoms with van der Waals surface area (Å²) < 4.78 is 59.0. The van der Waals surface area contributed by atoms with Crippen LogP contribution in [0.3, 0.4) is 0 Å². The molecule has 1 aliphatic heterocycles. The number of ether oxygens (including phenoxy) is 5. The number of carboxylic acids is 2. The number of carbonyl (C=O) groups excluding carboxylic acids is 9. The molecule has 0 saturated carbocycles. The number of aliphatic hydroxyl groups excluding tert-OH is 1. The van der Waals surface area contributed by atoms with Crippen LogP contribution in [0, 0.1) is 17.0 Å². The predicted octanol–water partition coefficient (Wildman–Crippen LogP) is 0.470. The maximum atomic E-state index is 15.4. The SMILES string of the molecule is CC(C)(C)[C@H](c1cc(-c2cc(F)ccc2F)cn1Cc1ccccc1)N(CC[C@H](NC(=O)[C@@H](CC(N)=O)NC(=O)CCOCCOCCOCCOCCNC(=O)CCOCCN1C(=O)C=CC1=O)C(=O)NCCC(=O)N[C@H](CCC(=O)O)C(=O)O)C(=O)CO. The summed E-state index contributed by atoms with van der Waals surface area (Å²) >= 11 is 0. The van der Waals surface area contributed by atoms with Crippen LogP contribution in [0.2, 0.25) is 0 Å². The van der Waals surface area contributed by atoms with E-state index in [0.717, 1.165) is 28.7 Å². The average Bonchev–Trinajstić information content (AvgIpc) is 1.60. The number of hydrogen-bond acceptors (Lipinski definition) is 17. The van der Waals surface area contributed by atoms with Gasteiger partial charge in [-0.2, -0.15) is 0 Å². The smallest absolute Gasteiger partial charge is 0.326 e. The molecule has 0 unspecified atom stereocenters. The maximum absolute atomic E-state index is 15.4. The zero-order valence-corrected chi connectivity index (χ0v) is 50.5. The first kappa shape index (κ1) is 73.9. The topological polar surface area (TPSA) is 392 Å². The van der Waals surface area contributed by atoms with Crippen molar-refractivity contribution >= 4 is 65.1 Å². The van der Waals surface area contributed by atoms with Crippen molar-refractivity contribution in [2.75, 3.05) is 98.9 Å². The number of rotatable bonds is 44. The summed E-state index contributed by atoms with van der Waals surface area (Å²) in [6.45, 7) is 5.36. The van der Waals surface area contributed by atoms with Gasteiger partial charge in [0.25, 0.3) is 11.8 Å². The number of hydrogen-bond donors (Lipinski definition) is 9. The number of aromatic nitrogens is 1. The van der Waals surface area contributed by atoms with Crippen LogP contribution >= 0.6 is 0 Å². The molecule has 2 heterocycles. The number of aliphatic carboxylic acids is 2. The van der Waals surface area contributed by atoms with Gasteiger partial charge in [0, 0.05) is 87.0 Å². The maximum Gasteiger partial charge on any atom is 0.326 e. The fourth-order valence-corrected chi connectivity index (χ4v) is 9.15. The van der Waals surface area contributed by atoms with Gasteiger partial charge in [-0.25, -0.2) is 13.6 Å². The molecule has 10 N–H and O–H groups in total. The van der Waals surface area contributed by atoms with Crippen molar-refractivity contribution in [3.8, 4) is 11.1 Å². The van der Waals surface area contributed by atoms with Crippen molar-refractivity contribution < 1.29 is 101 Å². The molecule has 2 aromatic carbocycles. The summed E-state index contributed by atoms with van der Waals surface area (Å²) in [7, 11) is 0. The van der Waals surface area contributed by atoms with Gasteiger partial charge in [0.15, 0.2) is 0 Å². The summed E-state index contributed by atoms with van der Waals surface area (Å²) in [4.78, 5) is 141. The van der Waals surface area contributed by atoms with Crippen LogP contribution in [0.25, 0.3) is 11.1 Å². The third-order valence-electron chi connectivity index (χ3n) is 13.5. The molecular formula is C60H81F2N9O19. The van der Waals surface area contributed by atoms with E-state index in [0.29, 0.717) is 5.69 Å². The Morgan fingerprint density at radius 2 is 1.23 bits per heavy atom. The third kappa shape index (κ3) is 26.7. The molecule has 0 radical (unpaired) electrons. The van der Waals surface area contributed by atoms with Gasteiger partial charge < -0.3 is 80.8 Å². The van der Waals surface area contributed by atoms with Crippen molar-refractivity contribution in [1.82, 2.24) is 41.0 Å². The minimum atomic E-state index is -1.67. The summed E-state index contributed by atoms with van der Waals surface area (Å²) in [6.07, 6.45) is 1.01. The van der Waals surface area contributed by atoms with E-state index in [4.69, 9.17) is 34.5 Å². The number of nitrogens with one attached hydrogen (secondary N) is 5. The van der Waals surface area contributed by atoms with Gasteiger partial charge in [0.1, 0.15) is 36.4 Å². The Morgan fingerprint density at radius 3 is 1.83 bits per heavy atom. The fourth-order valence-electron chi connectivity index (χ4n) is 9.15. The molecule has 0 saturated heterocycles. The lowest BCUT2D eigenvalue weighted by Crippen LogP contribution is -2.56. The molecule has 0 spiro atoms. The van der Waals surface area contributed by atoms with Crippen molar-refractivity contribution in [3.05, 3.63) is 95.8 Å². The molecule has 0 aliphatic carbocycles. The lowest BCUT2D eigenvalue weighted by molar-refractivity contribution is -0.143. The number of nitrogens with two attached hydrogens (primary N) is 1. The second-order valence-electron chi connectivity index (χ2n) is 21.6. The number of primary amides is 1. The Hall–Kier alpha value is -8.55. The number of carbonyl (C=O) groups is 11. The second-order valence-corrected chi connectivity index (χ2v) is 21.6. The minimum Gasteiger partial charge on any atom is -0.481 e. The van der Waals surface area contributed by atoms with E-state index in [1.165, 1.54) is 17.1 Å². The highest BCUT2D eigenvalue weighted by Crippen LogP contribution is 2.41. The van der Waals surface area contributed by atoms with Gasteiger partial charge >= 0.3 is 11.9 Å². The van der Waals surface area contributed by atoms with E-state index in [1.54, 1.807) is 49.7 Å². The molecule has 0 fully saturated rings. The van der Waals surface area contributed by atoms with Crippen LogP contribution < -0.4 is 32.3 Å². The Morgan fingerprint density at radius 1 is 0.644 bits per heavy atom. The highest BCUT2D eigenvalue weighted by molar-refractivity contribution is 6.12. The fraction of sp³-hybridized carbons (Fsp3) is 0.517. The van der Waals surface area contributed by atoms with Gasteiger partial charge in [0.05, 0.1) is 85.1 Å². The van der Waals surface area contributed by atoms with E-state index < -0.39 is 152 Å². The van der Waals surface area contributed by atoms with E-state index in [1.807, 2.05) is 18.2 Å². The van der Waals surface area contributed by atoms with Crippen molar-refractivity contribution in [2.45, 2.75) is 96.4 Å². The van der Waals surface area contributed by atoms with Crippen LogP contribution in [-0.2, 0) is 83.0 Å². The molecule has 30 heteroatoms. The van der Waals surface area contributed by atoms with E-state index in [9.17, 15) is 67.3 Å². The largest absolute Gasteiger partial charge is 0.481 e. The zero-order valence-electron chi connectivity index (χ0n) is 50.5. The molecule has 1 aliphatic rings. The van der Waals surface area contributed by atoms with Crippen molar-refractivity contribution in [3.63, 3.8) is 0 Å². The molecule has 28 nitrogen and oxygen atoms in total. The first-order chi connectivity index (χ1) is 42.9. The van der Waals surface area contributed by atoms with Gasteiger partial charge in [-0.1, -0.05) is 51.1 Å². The first-order valence-corrected chi connectivity index (χ1v) is 29.1. The number of carboxylic acid groups (broad SMARTS) is 2. The zero-order chi connectivity index (χ0) is 66.2. The van der Waals surface area contributed by atoms with Crippen molar-refractivity contribution in [1.29, 1.82) is 0 Å². The molecule has 3 aromatic rings. The van der Waals surface area contributed by atoms with Gasteiger partial charge in [-0.3, -0.25) is 52.8 Å². The highest BCUT2D eigenvalue weighted by atomic mass is 19.1. The number of aliphatic hydroxyl groups is 1. The molecule has 494 valence electrons. The highest BCUT2D eigenvalue weighted by Gasteiger charge is 2.39. The minimum absolute atomic E-state index is 0.0541. The van der Waals surface area contributed by atoms with Gasteiger partial charge in [0.2, 0.25) is 41.4 Å². The molecule has 9 amide bonds. The molecule has 4 rings (SSSR count). The Kier molecular flexibility index (Phi) is 31.8. The molecular weight excluding hydrogens is 1190 g/mol. The van der Waals surface area contributed by atoms with Crippen LogP contribution in [-0.4, -0.2) is 212 Å². The number of halogens is 2. The summed E-state index contributed by atoms with van der Waals surface area (Å²) in [5, 5.41) is 41.3. The standard InChI is InChI=1S/C60H81F2N9O19/c1-60(2,3)56(47-33-40(42-34-41(61)9-10-43(42)62)37-69(47)36-39-7-5-4-6-8-39)71(54(79)38-72)21-16-44(57(82)65-19-15-50(75)66-45(59(84)85)11-14-55(80)81)68-58(83)46(35-48(63)73)67-51(76)18-24-87-27-29-89-31-32-90-30-28-88-25-20-64-49(74)17-23-86-26-22-70-52(77)12-13-53(70)78/h4-10,12-13,33-34,37,44-46,56,72H,11,14-32,35-36,38H2,1-3H3,(H2,63,73)(H,64,74)(H,65,82)(H,66,75)(H,67,76)(H,68,83)(H,80,81)(H,84,85)/t44-,45+,46+,56-/m0/s1. The van der Waals surface area contributed by atoms with Crippen LogP contribution in [0.1, 0.15) is 83.0 Å². The predicted molar refractivity (Wildman–Crippen MR) is 315 cm³/mol. The molecule has 1 aromatic heterocycles. The lowest BCUT2D eigenvalue weighted by Gasteiger charge is -2.41. The lowest BCUT2D eigenvalue weighted by atomic mass is 9.82. The van der Waals surface area contributed by atoms with Crippen molar-refractivity contribution in [2.24, 2.45) is 11.1 Å². The van der Waals surface area contributed by atoms with Gasteiger partial charge in [-0.05, 0) is 48.1 Å². The quantitative estimate of drug-likeness (QED) is 0.0274. The monoisotopic (exact) mass is 1270 g/mol. The summed E-state index contributed by atoms with van der Waals surface area (Å²) in [5.41, 5.74) is 5.95. The Bertz CT molecular complexity index is 2920. The van der Waals surface area contributed by atoms with Crippen LogP contribution in [0.5, 0.6) is 0 Å². The number of nitrogens with zero attached hydrogens (tertiary/aromatic N) is 3. The normalized spacial score (nSPS) is 13.5. The second kappa shape index (κ2) is 38.8. The van der Waals surface area contributed by atoms with Crippen LogP contribution in [0.4, 0.5) is 8.78 Å². The van der Waals surface area contributed by atoms with E-state index >= 15 is 4.39 Å². The summed E-state index contributed by atoms with van der Waals surface area (Å²) in [6, 6.07) is 7.77. The summed E-state index contributed by atoms with van der Waals surface area (Å²) in [5.74, 6) is -10.9. The third-order valence-corrected chi connectivity index (χ3v) is 13.5.